The predicted octanol–water partition coefficient (Wildman–Crippen LogP) is 8.52. The van der Waals surface area contributed by atoms with E-state index in [-0.39, 0.29) is 39.8 Å². The summed E-state index contributed by atoms with van der Waals surface area (Å²) in [4.78, 5) is 58.0. The maximum atomic E-state index is 14.6. The van der Waals surface area contributed by atoms with Gasteiger partial charge in [-0.15, -0.1) is 11.3 Å². The fourth-order valence-electron chi connectivity index (χ4n) is 5.56. The number of esters is 1. The molecule has 11 nitrogen and oxygen atoms in total. The van der Waals surface area contributed by atoms with Crippen LogP contribution in [-0.4, -0.2) is 48.2 Å². The van der Waals surface area contributed by atoms with Gasteiger partial charge in [0.1, 0.15) is 17.0 Å². The maximum absolute atomic E-state index is 14.6. The SMILES string of the molecule is COC(=O)c1nc(C(=O)Nc2cccc(Cl)c2F)ccc1-c1cc2c(cc1C(=O)Nc1ccc(CNC(=O)OC(C)(C)C)cc1)-c1sccc1CCO2. The molecule has 0 aliphatic carbocycles. The van der Waals surface area contributed by atoms with Gasteiger partial charge in [0.25, 0.3) is 11.8 Å². The summed E-state index contributed by atoms with van der Waals surface area (Å²) >= 11 is 7.40. The smallest absolute Gasteiger partial charge is 0.407 e. The number of carbonyl (C=O) groups is 4. The molecule has 0 radical (unpaired) electrons. The number of hydrogen-bond donors (Lipinski definition) is 3. The molecule has 0 saturated carbocycles. The van der Waals surface area contributed by atoms with Crippen molar-refractivity contribution in [1.29, 1.82) is 0 Å². The van der Waals surface area contributed by atoms with Crippen LogP contribution in [0.3, 0.4) is 0 Å². The quantitative estimate of drug-likeness (QED) is 0.134. The van der Waals surface area contributed by atoms with Gasteiger partial charge < -0.3 is 30.2 Å². The van der Waals surface area contributed by atoms with Crippen LogP contribution >= 0.6 is 22.9 Å². The number of amides is 3. The molecule has 3 heterocycles. The van der Waals surface area contributed by atoms with Crippen LogP contribution < -0.4 is 20.7 Å². The van der Waals surface area contributed by atoms with E-state index in [0.29, 0.717) is 35.6 Å². The number of ether oxygens (including phenoxy) is 3. The van der Waals surface area contributed by atoms with Crippen molar-refractivity contribution in [2.75, 3.05) is 24.4 Å². The Labute approximate surface area is 313 Å². The number of nitrogens with zero attached hydrogens (tertiary/aromatic N) is 1. The number of thiophene rings is 1. The van der Waals surface area contributed by atoms with E-state index in [1.165, 1.54) is 48.8 Å². The molecule has 3 amide bonds. The van der Waals surface area contributed by atoms with E-state index in [4.69, 9.17) is 25.8 Å². The van der Waals surface area contributed by atoms with Crippen LogP contribution in [0.25, 0.3) is 21.6 Å². The Kier molecular flexibility index (Phi) is 10.8. The molecule has 0 atom stereocenters. The molecule has 3 aromatic carbocycles. The highest BCUT2D eigenvalue weighted by Crippen LogP contribution is 2.43. The minimum Gasteiger partial charge on any atom is -0.493 e. The molecule has 6 rings (SSSR count). The summed E-state index contributed by atoms with van der Waals surface area (Å²) in [6, 6.07) is 19.3. The Hall–Kier alpha value is -5.79. The lowest BCUT2D eigenvalue weighted by atomic mass is 9.93. The first-order valence-electron chi connectivity index (χ1n) is 16.4. The van der Waals surface area contributed by atoms with E-state index in [1.54, 1.807) is 57.2 Å². The summed E-state index contributed by atoms with van der Waals surface area (Å²) in [5.41, 5.74) is 2.43. The maximum Gasteiger partial charge on any atom is 0.407 e. The second kappa shape index (κ2) is 15.4. The fraction of sp³-hybridized carbons (Fsp3) is 0.205. The topological polar surface area (TPSA) is 145 Å². The first kappa shape index (κ1) is 37.0. The van der Waals surface area contributed by atoms with Crippen LogP contribution in [0.2, 0.25) is 5.02 Å². The first-order valence-corrected chi connectivity index (χ1v) is 17.7. The van der Waals surface area contributed by atoms with Gasteiger partial charge in [0.15, 0.2) is 11.5 Å². The zero-order valence-corrected chi connectivity index (χ0v) is 30.7. The normalized spacial score (nSPS) is 12.0. The zero-order valence-electron chi connectivity index (χ0n) is 29.1. The Morgan fingerprint density at radius 3 is 2.45 bits per heavy atom. The number of aromatic nitrogens is 1. The Bertz CT molecular complexity index is 2230. The molecule has 2 aromatic heterocycles. The third-order valence-corrected chi connectivity index (χ3v) is 9.31. The van der Waals surface area contributed by atoms with Crippen molar-refractivity contribution in [3.8, 4) is 27.3 Å². The van der Waals surface area contributed by atoms with Gasteiger partial charge in [-0.2, -0.15) is 0 Å². The highest BCUT2D eigenvalue weighted by Gasteiger charge is 2.27. The van der Waals surface area contributed by atoms with E-state index in [9.17, 15) is 23.6 Å². The van der Waals surface area contributed by atoms with E-state index >= 15 is 0 Å². The summed E-state index contributed by atoms with van der Waals surface area (Å²) in [5, 5.41) is 9.85. The largest absolute Gasteiger partial charge is 0.493 e. The van der Waals surface area contributed by atoms with Crippen molar-refractivity contribution in [2.45, 2.75) is 39.3 Å². The average molecular weight is 757 g/mol. The minimum atomic E-state index is -0.873. The van der Waals surface area contributed by atoms with Crippen LogP contribution in [0.15, 0.2) is 78.2 Å². The van der Waals surface area contributed by atoms with Gasteiger partial charge in [-0.05, 0) is 91.9 Å². The van der Waals surface area contributed by atoms with Gasteiger partial charge in [-0.25, -0.2) is 19.0 Å². The fourth-order valence-corrected chi connectivity index (χ4v) is 6.71. The molecule has 14 heteroatoms. The van der Waals surface area contributed by atoms with E-state index < -0.39 is 35.3 Å². The molecule has 1 aliphatic rings. The molecule has 0 spiro atoms. The summed E-state index contributed by atoms with van der Waals surface area (Å²) < 4.78 is 31.0. The molecule has 3 N–H and O–H groups in total. The molecule has 1 aliphatic heterocycles. The number of hydrogen-bond acceptors (Lipinski definition) is 9. The molecule has 0 bridgehead atoms. The van der Waals surface area contributed by atoms with Crippen molar-refractivity contribution in [2.24, 2.45) is 0 Å². The Morgan fingerprint density at radius 2 is 1.72 bits per heavy atom. The second-order valence-electron chi connectivity index (χ2n) is 12.9. The number of rotatable bonds is 8. The van der Waals surface area contributed by atoms with Crippen molar-refractivity contribution >= 4 is 58.2 Å². The standard InChI is InChI=1S/C39H34ClFN4O7S/c1-39(2,3)52-38(49)42-20-21-8-10-23(11-9-21)43-35(46)26-18-27-31(51-16-14-22-15-17-53-34(22)27)19-25(26)24-12-13-30(44-33(24)37(48)50-4)36(47)45-29-7-5-6-28(40)32(29)41/h5-13,15,17-19H,14,16,20H2,1-4H3,(H,42,49)(H,43,46)(H,45,47). The first-order chi connectivity index (χ1) is 25.3. The summed E-state index contributed by atoms with van der Waals surface area (Å²) in [6.45, 7) is 5.93. The summed E-state index contributed by atoms with van der Waals surface area (Å²) in [7, 11) is 1.17. The third-order valence-electron chi connectivity index (χ3n) is 8.03. The van der Waals surface area contributed by atoms with Gasteiger partial charge in [0.05, 0.1) is 24.4 Å². The van der Waals surface area contributed by atoms with Crippen molar-refractivity contribution in [3.63, 3.8) is 0 Å². The molecule has 0 fully saturated rings. The minimum absolute atomic E-state index is 0.171. The highest BCUT2D eigenvalue weighted by atomic mass is 35.5. The monoisotopic (exact) mass is 756 g/mol. The summed E-state index contributed by atoms with van der Waals surface area (Å²) in [6.07, 6.45) is 0.110. The summed E-state index contributed by atoms with van der Waals surface area (Å²) in [5.74, 6) is -2.51. The van der Waals surface area contributed by atoms with E-state index in [2.05, 4.69) is 20.9 Å². The Balaban J connectivity index is 1.36. The van der Waals surface area contributed by atoms with E-state index in [0.717, 1.165) is 16.0 Å². The third kappa shape index (κ3) is 8.48. The number of carbonyl (C=O) groups excluding carboxylic acids is 4. The molecular weight excluding hydrogens is 723 g/mol. The van der Waals surface area contributed by atoms with E-state index in [1.807, 2.05) is 11.4 Å². The molecule has 5 aromatic rings. The number of pyridine rings is 1. The number of nitrogens with one attached hydrogen (secondary N) is 3. The Morgan fingerprint density at radius 1 is 0.943 bits per heavy atom. The number of halogens is 2. The number of fused-ring (bicyclic) bond motifs is 3. The van der Waals surface area contributed by atoms with Gasteiger partial charge in [0, 0.05) is 45.8 Å². The lowest BCUT2D eigenvalue weighted by Crippen LogP contribution is -2.32. The highest BCUT2D eigenvalue weighted by molar-refractivity contribution is 7.13. The number of anilines is 2. The van der Waals surface area contributed by atoms with Gasteiger partial charge >= 0.3 is 12.1 Å². The number of alkyl carbamates (subject to hydrolysis) is 1. The van der Waals surface area contributed by atoms with Crippen molar-refractivity contribution in [1.82, 2.24) is 10.3 Å². The predicted molar refractivity (Wildman–Crippen MR) is 200 cm³/mol. The van der Waals surface area contributed by atoms with Gasteiger partial charge in [-0.1, -0.05) is 29.8 Å². The van der Waals surface area contributed by atoms with Gasteiger partial charge in [-0.3, -0.25) is 9.59 Å². The lowest BCUT2D eigenvalue weighted by molar-refractivity contribution is 0.0522. The van der Waals surface area contributed by atoms with Crippen LogP contribution in [0.5, 0.6) is 5.75 Å². The molecule has 0 unspecified atom stereocenters. The number of methoxy groups -OCH3 is 1. The van der Waals surface area contributed by atoms with Crippen LogP contribution in [0.1, 0.15) is 63.2 Å². The van der Waals surface area contributed by atoms with Crippen LogP contribution in [0, 0.1) is 5.82 Å². The molecular formula is C39H34ClFN4O7S. The average Bonchev–Trinajstić information content (AvgIpc) is 3.53. The van der Waals surface area contributed by atoms with Crippen LogP contribution in [0.4, 0.5) is 20.6 Å². The lowest BCUT2D eigenvalue weighted by Gasteiger charge is -2.19. The number of benzene rings is 3. The molecule has 272 valence electrons. The van der Waals surface area contributed by atoms with Crippen molar-refractivity contribution in [3.05, 3.63) is 117 Å². The molecule has 0 saturated heterocycles. The van der Waals surface area contributed by atoms with Gasteiger partial charge in [0.2, 0.25) is 0 Å². The molecule has 53 heavy (non-hydrogen) atoms. The second-order valence-corrected chi connectivity index (χ2v) is 14.2. The van der Waals surface area contributed by atoms with Crippen molar-refractivity contribution < 1.29 is 37.8 Å². The van der Waals surface area contributed by atoms with Crippen LogP contribution in [-0.2, 0) is 22.4 Å². The zero-order chi connectivity index (χ0) is 37.9.